The second-order valence-corrected chi connectivity index (χ2v) is 8.24. The van der Waals surface area contributed by atoms with Crippen LogP contribution >= 0.6 is 0 Å². The van der Waals surface area contributed by atoms with Crippen LogP contribution in [-0.4, -0.2) is 37.4 Å². The summed E-state index contributed by atoms with van der Waals surface area (Å²) in [7, 11) is -3.70. The van der Waals surface area contributed by atoms with Crippen molar-refractivity contribution >= 4 is 21.2 Å². The Morgan fingerprint density at radius 1 is 1.41 bits per heavy atom. The van der Waals surface area contributed by atoms with Gasteiger partial charge in [-0.15, -0.1) is 0 Å². The van der Waals surface area contributed by atoms with Gasteiger partial charge in [0.25, 0.3) is 0 Å². The van der Waals surface area contributed by atoms with Crippen LogP contribution in [0.25, 0.3) is 0 Å². The molecule has 0 amide bonds. The number of nitro benzene ring substituents is 1. The van der Waals surface area contributed by atoms with Crippen molar-refractivity contribution in [1.29, 1.82) is 0 Å². The van der Waals surface area contributed by atoms with Crippen molar-refractivity contribution < 1.29 is 18.4 Å². The average Bonchev–Trinajstić information content (AvgIpc) is 2.33. The predicted molar refractivity (Wildman–Crippen MR) is 84.8 cm³/mol. The fourth-order valence-electron chi connectivity index (χ4n) is 2.36. The van der Waals surface area contributed by atoms with Crippen LogP contribution in [0.3, 0.4) is 0 Å². The van der Waals surface area contributed by atoms with Gasteiger partial charge >= 0.3 is 5.69 Å². The van der Waals surface area contributed by atoms with Gasteiger partial charge in [-0.3, -0.25) is 10.1 Å². The highest BCUT2D eigenvalue weighted by Crippen LogP contribution is 2.33. The molecule has 1 rings (SSSR count). The Balaban J connectivity index is 3.14. The maximum absolute atomic E-state index is 11.7. The molecule has 0 fully saturated rings. The first-order valence-electron chi connectivity index (χ1n) is 6.83. The number of benzene rings is 1. The van der Waals surface area contributed by atoms with E-state index in [1.165, 1.54) is 18.2 Å². The van der Waals surface area contributed by atoms with Gasteiger partial charge in [-0.1, -0.05) is 19.9 Å². The van der Waals surface area contributed by atoms with Crippen LogP contribution in [0.2, 0.25) is 0 Å². The number of nitro groups is 1. The Bertz CT molecular complexity index is 653. The van der Waals surface area contributed by atoms with Gasteiger partial charge in [-0.05, 0) is 30.9 Å². The molecule has 0 bridgehead atoms. The van der Waals surface area contributed by atoms with Crippen LogP contribution in [-0.2, 0) is 9.84 Å². The molecule has 0 radical (unpaired) electrons. The molecule has 1 aromatic rings. The Morgan fingerprint density at radius 2 is 2.00 bits per heavy atom. The third-order valence-electron chi connectivity index (χ3n) is 3.19. The summed E-state index contributed by atoms with van der Waals surface area (Å²) in [4.78, 5) is 10.2. The third kappa shape index (κ3) is 4.96. The molecule has 0 heterocycles. The quantitative estimate of drug-likeness (QED) is 0.586. The van der Waals surface area contributed by atoms with Gasteiger partial charge < -0.3 is 10.4 Å². The van der Waals surface area contributed by atoms with E-state index in [1.54, 1.807) is 6.92 Å². The average molecular weight is 330 g/mol. The lowest BCUT2D eigenvalue weighted by atomic mass is 9.87. The standard InChI is InChI=1S/C14H22N2O5S/c1-10(17)8-14(2,3)9-15-11-6-5-7-12(22(4,20)21)13(11)16(18)19/h5-7,10,15,17H,8-9H2,1-4H3. The second-order valence-electron chi connectivity index (χ2n) is 6.25. The number of nitrogens with one attached hydrogen (secondary N) is 1. The number of hydrogen-bond donors (Lipinski definition) is 2. The van der Waals surface area contributed by atoms with Gasteiger partial charge in [0.15, 0.2) is 9.84 Å². The lowest BCUT2D eigenvalue weighted by molar-refractivity contribution is -0.386. The minimum absolute atomic E-state index is 0.159. The van der Waals surface area contributed by atoms with E-state index in [0.29, 0.717) is 13.0 Å². The summed E-state index contributed by atoms with van der Waals surface area (Å²) in [5.41, 5.74) is -0.590. The number of para-hydroxylation sites is 1. The Hall–Kier alpha value is -1.67. The highest BCUT2D eigenvalue weighted by Gasteiger charge is 2.27. The van der Waals surface area contributed by atoms with Gasteiger partial charge in [0.05, 0.1) is 11.0 Å². The molecule has 0 spiro atoms. The van der Waals surface area contributed by atoms with E-state index < -0.39 is 26.6 Å². The first-order valence-corrected chi connectivity index (χ1v) is 8.72. The van der Waals surface area contributed by atoms with E-state index >= 15 is 0 Å². The number of nitrogens with zero attached hydrogens (tertiary/aromatic N) is 1. The summed E-state index contributed by atoms with van der Waals surface area (Å²) in [5.74, 6) is 0. The summed E-state index contributed by atoms with van der Waals surface area (Å²) in [6.07, 6.45) is 0.963. The van der Waals surface area contributed by atoms with Crippen molar-refractivity contribution in [2.45, 2.75) is 38.2 Å². The predicted octanol–water partition coefficient (Wildman–Crippen LogP) is 2.21. The summed E-state index contributed by atoms with van der Waals surface area (Å²) in [6.45, 7) is 5.87. The van der Waals surface area contributed by atoms with E-state index in [4.69, 9.17) is 0 Å². The van der Waals surface area contributed by atoms with E-state index in [1.807, 2.05) is 13.8 Å². The molecule has 0 aliphatic carbocycles. The zero-order chi connectivity index (χ0) is 17.1. The lowest BCUT2D eigenvalue weighted by Gasteiger charge is -2.26. The summed E-state index contributed by atoms with van der Waals surface area (Å²) < 4.78 is 23.4. The Kier molecular flexibility index (Phi) is 5.53. The molecule has 7 nitrogen and oxygen atoms in total. The summed E-state index contributed by atoms with van der Waals surface area (Å²) >= 11 is 0. The van der Waals surface area contributed by atoms with Crippen molar-refractivity contribution in [2.24, 2.45) is 5.41 Å². The fourth-order valence-corrected chi connectivity index (χ4v) is 3.22. The van der Waals surface area contributed by atoms with Crippen molar-refractivity contribution in [3.63, 3.8) is 0 Å². The topological polar surface area (TPSA) is 110 Å². The molecule has 2 N–H and O–H groups in total. The Morgan fingerprint density at radius 3 is 2.45 bits per heavy atom. The first-order chi connectivity index (χ1) is 9.94. The molecule has 1 aromatic carbocycles. The maximum Gasteiger partial charge on any atom is 0.310 e. The summed E-state index contributed by atoms with van der Waals surface area (Å²) in [6, 6.07) is 4.16. The van der Waals surface area contributed by atoms with Gasteiger partial charge in [0.2, 0.25) is 0 Å². The molecule has 0 aliphatic heterocycles. The SMILES string of the molecule is CC(O)CC(C)(C)CNc1cccc(S(C)(=O)=O)c1[N+](=O)[O-]. The molecule has 22 heavy (non-hydrogen) atoms. The normalized spacial score (nSPS) is 13.7. The summed E-state index contributed by atoms with van der Waals surface area (Å²) in [5, 5.41) is 23.7. The second kappa shape index (κ2) is 6.62. The number of hydrogen-bond acceptors (Lipinski definition) is 6. The molecule has 0 saturated carbocycles. The molecule has 0 aromatic heterocycles. The number of aliphatic hydroxyl groups excluding tert-OH is 1. The Labute approximate surface area is 130 Å². The molecule has 124 valence electrons. The van der Waals surface area contributed by atoms with Crippen molar-refractivity contribution in [3.05, 3.63) is 28.3 Å². The van der Waals surface area contributed by atoms with Crippen LogP contribution in [0.4, 0.5) is 11.4 Å². The minimum Gasteiger partial charge on any atom is -0.393 e. The highest BCUT2D eigenvalue weighted by molar-refractivity contribution is 7.90. The molecular formula is C14H22N2O5S. The van der Waals surface area contributed by atoms with Crippen molar-refractivity contribution in [1.82, 2.24) is 0 Å². The maximum atomic E-state index is 11.7. The van der Waals surface area contributed by atoms with Crippen LogP contribution in [0.15, 0.2) is 23.1 Å². The van der Waals surface area contributed by atoms with Crippen LogP contribution in [0.5, 0.6) is 0 Å². The first kappa shape index (κ1) is 18.4. The number of aliphatic hydroxyl groups is 1. The van der Waals surface area contributed by atoms with Crippen LogP contribution < -0.4 is 5.32 Å². The van der Waals surface area contributed by atoms with E-state index in [-0.39, 0.29) is 16.0 Å². The highest BCUT2D eigenvalue weighted by atomic mass is 32.2. The van der Waals surface area contributed by atoms with Gasteiger partial charge in [-0.2, -0.15) is 0 Å². The van der Waals surface area contributed by atoms with E-state index in [9.17, 15) is 23.6 Å². The van der Waals surface area contributed by atoms with Crippen LogP contribution in [0.1, 0.15) is 27.2 Å². The minimum atomic E-state index is -3.70. The molecular weight excluding hydrogens is 308 g/mol. The van der Waals surface area contributed by atoms with Gasteiger partial charge in [0, 0.05) is 12.8 Å². The monoisotopic (exact) mass is 330 g/mol. The number of anilines is 1. The molecule has 0 saturated heterocycles. The fraction of sp³-hybridized carbons (Fsp3) is 0.571. The van der Waals surface area contributed by atoms with Gasteiger partial charge in [-0.25, -0.2) is 8.42 Å². The smallest absolute Gasteiger partial charge is 0.310 e. The number of rotatable bonds is 7. The third-order valence-corrected chi connectivity index (χ3v) is 4.31. The number of sulfone groups is 1. The molecule has 1 unspecified atom stereocenters. The van der Waals surface area contributed by atoms with E-state index in [0.717, 1.165) is 6.26 Å². The zero-order valence-corrected chi connectivity index (χ0v) is 14.0. The zero-order valence-electron chi connectivity index (χ0n) is 13.2. The van der Waals surface area contributed by atoms with Crippen molar-refractivity contribution in [2.75, 3.05) is 18.1 Å². The lowest BCUT2D eigenvalue weighted by Crippen LogP contribution is -2.27. The van der Waals surface area contributed by atoms with Crippen molar-refractivity contribution in [3.8, 4) is 0 Å². The van der Waals surface area contributed by atoms with E-state index in [2.05, 4.69) is 5.32 Å². The van der Waals surface area contributed by atoms with Crippen LogP contribution in [0, 0.1) is 15.5 Å². The molecule has 1 atom stereocenters. The molecule has 0 aliphatic rings. The molecule has 8 heteroatoms. The van der Waals surface area contributed by atoms with Gasteiger partial charge in [0.1, 0.15) is 10.6 Å². The largest absolute Gasteiger partial charge is 0.393 e.